The van der Waals surface area contributed by atoms with Crippen molar-refractivity contribution in [2.24, 2.45) is 0 Å². The Morgan fingerprint density at radius 1 is 1.25 bits per heavy atom. The summed E-state index contributed by atoms with van der Waals surface area (Å²) in [6, 6.07) is 7.91. The van der Waals surface area contributed by atoms with E-state index in [1.54, 1.807) is 29.2 Å². The molecule has 1 aliphatic rings. The fraction of sp³-hybridized carbons (Fsp3) is 0.389. The van der Waals surface area contributed by atoms with Crippen LogP contribution in [0.25, 0.3) is 11.0 Å². The smallest absolute Gasteiger partial charge is 0.303 e. The minimum Gasteiger partial charge on any atom is -0.481 e. The van der Waals surface area contributed by atoms with Crippen molar-refractivity contribution in [2.75, 3.05) is 6.54 Å². The molecular formula is C18H19NO5. The van der Waals surface area contributed by atoms with E-state index < -0.39 is 5.97 Å². The van der Waals surface area contributed by atoms with E-state index >= 15 is 0 Å². The number of aliphatic carboxylic acids is 1. The van der Waals surface area contributed by atoms with Gasteiger partial charge in [-0.25, -0.2) is 0 Å². The zero-order valence-corrected chi connectivity index (χ0v) is 13.2. The van der Waals surface area contributed by atoms with Crippen LogP contribution in [0.3, 0.4) is 0 Å². The molecule has 0 unspecified atom stereocenters. The second-order valence-corrected chi connectivity index (χ2v) is 6.05. The number of amides is 1. The summed E-state index contributed by atoms with van der Waals surface area (Å²) in [5.74, 6) is -1.20. The van der Waals surface area contributed by atoms with Gasteiger partial charge in [0.05, 0.1) is 5.39 Å². The van der Waals surface area contributed by atoms with Crippen molar-refractivity contribution in [3.8, 4) is 0 Å². The van der Waals surface area contributed by atoms with Crippen LogP contribution in [-0.4, -0.2) is 34.5 Å². The molecule has 24 heavy (non-hydrogen) atoms. The molecule has 6 nitrogen and oxygen atoms in total. The number of carboxylic acid groups (broad SMARTS) is 1. The highest BCUT2D eigenvalue weighted by molar-refractivity contribution is 5.93. The van der Waals surface area contributed by atoms with Gasteiger partial charge in [0.25, 0.3) is 5.91 Å². The van der Waals surface area contributed by atoms with Crippen LogP contribution < -0.4 is 5.43 Å². The van der Waals surface area contributed by atoms with Crippen molar-refractivity contribution in [1.29, 1.82) is 0 Å². The van der Waals surface area contributed by atoms with Crippen LogP contribution in [0.1, 0.15) is 42.7 Å². The van der Waals surface area contributed by atoms with E-state index in [-0.39, 0.29) is 29.6 Å². The van der Waals surface area contributed by atoms with Crippen LogP contribution in [0.2, 0.25) is 0 Å². The third-order valence-corrected chi connectivity index (χ3v) is 4.42. The van der Waals surface area contributed by atoms with Crippen molar-refractivity contribution in [1.82, 2.24) is 4.90 Å². The summed E-state index contributed by atoms with van der Waals surface area (Å²) in [4.78, 5) is 37.4. The quantitative estimate of drug-likeness (QED) is 0.931. The van der Waals surface area contributed by atoms with Gasteiger partial charge in [0, 0.05) is 25.1 Å². The van der Waals surface area contributed by atoms with E-state index in [1.807, 2.05) is 0 Å². The van der Waals surface area contributed by atoms with E-state index in [9.17, 15) is 14.4 Å². The highest BCUT2D eigenvalue weighted by atomic mass is 16.4. The average Bonchev–Trinajstić information content (AvgIpc) is 2.59. The lowest BCUT2D eigenvalue weighted by molar-refractivity contribution is -0.137. The molecule has 126 valence electrons. The third-order valence-electron chi connectivity index (χ3n) is 4.42. The summed E-state index contributed by atoms with van der Waals surface area (Å²) < 4.78 is 5.62. The highest BCUT2D eigenvalue weighted by Crippen LogP contribution is 2.23. The second-order valence-electron chi connectivity index (χ2n) is 6.05. The molecule has 1 atom stereocenters. The molecule has 1 saturated heterocycles. The molecule has 2 aromatic rings. The predicted octanol–water partition coefficient (Wildman–Crippen LogP) is 2.65. The van der Waals surface area contributed by atoms with Crippen LogP contribution >= 0.6 is 0 Å². The average molecular weight is 329 g/mol. The number of rotatable bonds is 4. The van der Waals surface area contributed by atoms with Gasteiger partial charge in [-0.3, -0.25) is 14.4 Å². The number of carbonyl (C=O) groups is 2. The monoisotopic (exact) mass is 329 g/mol. The fourth-order valence-electron chi connectivity index (χ4n) is 3.21. The molecule has 6 heteroatoms. The number of piperidine rings is 1. The van der Waals surface area contributed by atoms with Crippen LogP contribution in [0, 0.1) is 0 Å². The molecule has 3 rings (SSSR count). The van der Waals surface area contributed by atoms with Gasteiger partial charge < -0.3 is 14.4 Å². The van der Waals surface area contributed by atoms with Gasteiger partial charge in [0.15, 0.2) is 11.2 Å². The molecule has 1 amide bonds. The number of carbonyl (C=O) groups excluding carboxylic acids is 1. The molecule has 0 spiro atoms. The Balaban J connectivity index is 1.89. The molecule has 0 radical (unpaired) electrons. The summed E-state index contributed by atoms with van der Waals surface area (Å²) in [6.45, 7) is 0.555. The number of nitrogens with zero attached hydrogens (tertiary/aromatic N) is 1. The lowest BCUT2D eigenvalue weighted by Gasteiger charge is -2.35. The Kier molecular flexibility index (Phi) is 4.64. The maximum absolute atomic E-state index is 12.8. The van der Waals surface area contributed by atoms with Crippen LogP contribution in [0.5, 0.6) is 0 Å². The second kappa shape index (κ2) is 6.86. The molecule has 2 heterocycles. The van der Waals surface area contributed by atoms with E-state index in [2.05, 4.69) is 0 Å². The lowest BCUT2D eigenvalue weighted by atomic mass is 9.97. The maximum Gasteiger partial charge on any atom is 0.303 e. The number of likely N-dealkylation sites (tertiary alicyclic amines) is 1. The number of hydrogen-bond acceptors (Lipinski definition) is 4. The van der Waals surface area contributed by atoms with Crippen molar-refractivity contribution in [3.05, 3.63) is 46.3 Å². The predicted molar refractivity (Wildman–Crippen MR) is 88.0 cm³/mol. The van der Waals surface area contributed by atoms with Gasteiger partial charge in [-0.05, 0) is 37.8 Å². The Bertz CT molecular complexity index is 826. The topological polar surface area (TPSA) is 87.8 Å². The van der Waals surface area contributed by atoms with Gasteiger partial charge >= 0.3 is 5.97 Å². The van der Waals surface area contributed by atoms with E-state index in [0.717, 1.165) is 19.3 Å². The number of hydrogen-bond donors (Lipinski definition) is 1. The number of carboxylic acids is 1. The van der Waals surface area contributed by atoms with Gasteiger partial charge in [-0.1, -0.05) is 12.1 Å². The normalized spacial score (nSPS) is 17.8. The zero-order valence-electron chi connectivity index (χ0n) is 13.2. The molecular weight excluding hydrogens is 310 g/mol. The Labute approximate surface area is 138 Å². The van der Waals surface area contributed by atoms with Crippen molar-refractivity contribution < 1.29 is 19.1 Å². The van der Waals surface area contributed by atoms with Gasteiger partial charge in [0.1, 0.15) is 5.58 Å². The van der Waals surface area contributed by atoms with Crippen molar-refractivity contribution >= 4 is 22.8 Å². The first-order valence-electron chi connectivity index (χ1n) is 8.12. The SMILES string of the molecule is O=C(O)CC[C@H]1CCCCN1C(=O)c1cc(=O)c2ccccc2o1. The summed E-state index contributed by atoms with van der Waals surface area (Å²) in [6.07, 6.45) is 3.05. The van der Waals surface area contributed by atoms with E-state index in [4.69, 9.17) is 9.52 Å². The number of benzene rings is 1. The van der Waals surface area contributed by atoms with Crippen LogP contribution in [0.4, 0.5) is 0 Å². The fourth-order valence-corrected chi connectivity index (χ4v) is 3.21. The van der Waals surface area contributed by atoms with Gasteiger partial charge in [-0.2, -0.15) is 0 Å². The summed E-state index contributed by atoms with van der Waals surface area (Å²) >= 11 is 0. The number of fused-ring (bicyclic) bond motifs is 1. The Morgan fingerprint density at radius 2 is 2.04 bits per heavy atom. The number of para-hydroxylation sites is 1. The first-order valence-corrected chi connectivity index (χ1v) is 8.12. The molecule has 0 bridgehead atoms. The van der Waals surface area contributed by atoms with E-state index in [0.29, 0.717) is 23.9 Å². The first-order chi connectivity index (χ1) is 11.6. The molecule has 1 fully saturated rings. The molecule has 1 aromatic heterocycles. The van der Waals surface area contributed by atoms with Crippen LogP contribution in [0.15, 0.2) is 39.5 Å². The summed E-state index contributed by atoms with van der Waals surface area (Å²) in [5, 5.41) is 9.32. The summed E-state index contributed by atoms with van der Waals surface area (Å²) in [7, 11) is 0. The van der Waals surface area contributed by atoms with Gasteiger partial charge in [0.2, 0.25) is 0 Å². The van der Waals surface area contributed by atoms with E-state index in [1.165, 1.54) is 6.07 Å². The van der Waals surface area contributed by atoms with Gasteiger partial charge in [-0.15, -0.1) is 0 Å². The molecule has 0 aliphatic carbocycles. The maximum atomic E-state index is 12.8. The molecule has 0 saturated carbocycles. The third kappa shape index (κ3) is 3.32. The van der Waals surface area contributed by atoms with Crippen LogP contribution in [-0.2, 0) is 4.79 Å². The first kappa shape index (κ1) is 16.2. The molecule has 1 aromatic carbocycles. The zero-order chi connectivity index (χ0) is 17.1. The lowest BCUT2D eigenvalue weighted by Crippen LogP contribution is -2.44. The molecule has 1 N–H and O–H groups in total. The standard InChI is InChI=1S/C18H19NO5/c20-14-11-16(24-15-7-2-1-6-13(14)15)18(23)19-10-4-3-5-12(19)8-9-17(21)22/h1-2,6-7,11-12H,3-5,8-10H2,(H,21,22)/t12-/m1/s1. The largest absolute Gasteiger partial charge is 0.481 e. The summed E-state index contributed by atoms with van der Waals surface area (Å²) in [5.41, 5.74) is 0.131. The minimum absolute atomic E-state index is 0.0147. The Hall–Kier alpha value is -2.63. The Morgan fingerprint density at radius 3 is 2.83 bits per heavy atom. The van der Waals surface area contributed by atoms with Crippen molar-refractivity contribution in [2.45, 2.75) is 38.1 Å². The minimum atomic E-state index is -0.870. The highest BCUT2D eigenvalue weighted by Gasteiger charge is 2.29. The van der Waals surface area contributed by atoms with Crippen molar-refractivity contribution in [3.63, 3.8) is 0 Å². The molecule has 1 aliphatic heterocycles.